The zero-order valence-electron chi connectivity index (χ0n) is 11.4. The van der Waals surface area contributed by atoms with E-state index in [4.69, 9.17) is 4.74 Å². The monoisotopic (exact) mass is 229 g/mol. The van der Waals surface area contributed by atoms with Gasteiger partial charge >= 0.3 is 6.09 Å². The summed E-state index contributed by atoms with van der Waals surface area (Å²) in [6.07, 6.45) is -0.212. The predicted octanol–water partition coefficient (Wildman–Crippen LogP) is 2.12. The van der Waals surface area contributed by atoms with Crippen LogP contribution in [0.15, 0.2) is 12.3 Å². The molecular weight excluding hydrogens is 204 g/mol. The Morgan fingerprint density at radius 1 is 1.38 bits per heavy atom. The third kappa shape index (κ3) is 6.45. The lowest BCUT2D eigenvalue weighted by molar-refractivity contribution is -0.816. The summed E-state index contributed by atoms with van der Waals surface area (Å²) in [7, 11) is 3.68. The summed E-state index contributed by atoms with van der Waals surface area (Å²) in [4.78, 5) is 11.9. The number of nitrogens with zero attached hydrogens (tertiary/aromatic N) is 1. The van der Waals surface area contributed by atoms with Crippen LogP contribution in [0.2, 0.25) is 0 Å². The molecule has 0 heterocycles. The average molecular weight is 229 g/mol. The summed E-state index contributed by atoms with van der Waals surface area (Å²) in [6.45, 7) is 12.6. The lowest BCUT2D eigenvalue weighted by atomic mass is 10.2. The number of likely N-dealkylation sites (N-methyl/N-ethyl adjacent to an activating group) is 1. The first-order chi connectivity index (χ1) is 7.04. The topological polar surface area (TPSA) is 38.3 Å². The van der Waals surface area contributed by atoms with Gasteiger partial charge in [-0.2, -0.15) is 4.79 Å². The molecule has 0 aromatic heterocycles. The van der Waals surface area contributed by atoms with Gasteiger partial charge in [0, 0.05) is 5.70 Å². The fourth-order valence-electron chi connectivity index (χ4n) is 1.03. The molecule has 0 aliphatic heterocycles. The Kier molecular flexibility index (Phi) is 5.00. The van der Waals surface area contributed by atoms with Crippen molar-refractivity contribution < 1.29 is 14.0 Å². The highest BCUT2D eigenvalue weighted by Crippen LogP contribution is 2.12. The van der Waals surface area contributed by atoms with Crippen molar-refractivity contribution in [1.82, 2.24) is 5.32 Å². The van der Waals surface area contributed by atoms with Gasteiger partial charge in [-0.3, -0.25) is 0 Å². The van der Waals surface area contributed by atoms with E-state index in [1.165, 1.54) is 0 Å². The second-order valence-corrected chi connectivity index (χ2v) is 5.60. The summed E-state index contributed by atoms with van der Waals surface area (Å²) in [5, 5.41) is 3.10. The molecule has 4 nitrogen and oxygen atoms in total. The number of carbonyl (C=O) groups is 1. The molecule has 94 valence electrons. The van der Waals surface area contributed by atoms with Gasteiger partial charge in [-0.25, -0.2) is 4.48 Å². The summed E-state index contributed by atoms with van der Waals surface area (Å²) in [5.74, 6) is 0. The number of carbonyl (C=O) groups excluding carboxylic acids is 1. The van der Waals surface area contributed by atoms with Crippen molar-refractivity contribution in [3.05, 3.63) is 12.3 Å². The van der Waals surface area contributed by atoms with Gasteiger partial charge in [0.15, 0.2) is 0 Å². The van der Waals surface area contributed by atoms with Gasteiger partial charge in [-0.15, -0.1) is 0 Å². The van der Waals surface area contributed by atoms with E-state index >= 15 is 0 Å². The fraction of sp³-hybridized carbons (Fsp3) is 0.750. The van der Waals surface area contributed by atoms with Gasteiger partial charge in [-0.1, -0.05) is 6.58 Å². The maximum Gasteiger partial charge on any atom is 0.516 e. The second-order valence-electron chi connectivity index (χ2n) is 5.60. The van der Waals surface area contributed by atoms with E-state index in [1.807, 2.05) is 41.8 Å². The fourth-order valence-corrected chi connectivity index (χ4v) is 1.03. The number of allylic oxidation sites excluding steroid dienone is 1. The largest absolute Gasteiger partial charge is 0.516 e. The van der Waals surface area contributed by atoms with Crippen LogP contribution in [0.25, 0.3) is 0 Å². The third-order valence-electron chi connectivity index (χ3n) is 1.99. The Morgan fingerprint density at radius 2 is 1.88 bits per heavy atom. The standard InChI is InChI=1S/C12H25N2O2/c1-10(2)13-8-9-14(6,7)11(15)16-12(3,4)5/h13H,1,8-9H2,2-7H3/q+1. The normalized spacial score (nSPS) is 12.1. The van der Waals surface area contributed by atoms with Crippen molar-refractivity contribution in [2.24, 2.45) is 0 Å². The molecule has 0 atom stereocenters. The van der Waals surface area contributed by atoms with Crippen molar-refractivity contribution >= 4 is 6.09 Å². The van der Waals surface area contributed by atoms with E-state index in [0.29, 0.717) is 13.1 Å². The van der Waals surface area contributed by atoms with Gasteiger partial charge in [0.05, 0.1) is 20.6 Å². The number of nitrogens with one attached hydrogen (secondary N) is 1. The molecule has 0 rings (SSSR count). The van der Waals surface area contributed by atoms with Crippen LogP contribution in [0.3, 0.4) is 0 Å². The van der Waals surface area contributed by atoms with Gasteiger partial charge in [-0.05, 0) is 27.7 Å². The Balaban J connectivity index is 4.21. The molecule has 0 saturated carbocycles. The van der Waals surface area contributed by atoms with E-state index in [-0.39, 0.29) is 10.6 Å². The Morgan fingerprint density at radius 3 is 2.25 bits per heavy atom. The van der Waals surface area contributed by atoms with Crippen molar-refractivity contribution in [2.75, 3.05) is 27.2 Å². The summed E-state index contributed by atoms with van der Waals surface area (Å²) in [5.41, 5.74) is 0.471. The van der Waals surface area contributed by atoms with Crippen LogP contribution in [-0.4, -0.2) is 43.4 Å². The molecule has 0 unspecified atom stereocenters. The first-order valence-electron chi connectivity index (χ1n) is 5.50. The molecule has 0 spiro atoms. The van der Waals surface area contributed by atoms with Gasteiger partial charge in [0.1, 0.15) is 12.1 Å². The highest BCUT2D eigenvalue weighted by molar-refractivity contribution is 5.59. The zero-order valence-corrected chi connectivity index (χ0v) is 11.4. The Labute approximate surface area is 98.9 Å². The van der Waals surface area contributed by atoms with E-state index < -0.39 is 5.60 Å². The molecule has 0 saturated heterocycles. The number of rotatable bonds is 4. The Bertz CT molecular complexity index is 265. The number of amides is 1. The minimum absolute atomic E-state index is 0.206. The molecule has 1 amide bonds. The summed E-state index contributed by atoms with van der Waals surface area (Å²) in [6, 6.07) is 0. The van der Waals surface area contributed by atoms with E-state index in [0.717, 1.165) is 5.70 Å². The van der Waals surface area contributed by atoms with Gasteiger partial charge in [0.25, 0.3) is 0 Å². The van der Waals surface area contributed by atoms with Crippen molar-refractivity contribution in [3.8, 4) is 0 Å². The van der Waals surface area contributed by atoms with E-state index in [9.17, 15) is 4.79 Å². The minimum atomic E-state index is -0.436. The molecule has 0 aliphatic rings. The SMILES string of the molecule is C=C(C)NCC[N+](C)(C)C(=O)OC(C)(C)C. The first kappa shape index (κ1) is 15.0. The molecule has 4 heteroatoms. The molecule has 0 radical (unpaired) electrons. The van der Waals surface area contributed by atoms with Crippen molar-refractivity contribution in [2.45, 2.75) is 33.3 Å². The van der Waals surface area contributed by atoms with E-state index in [2.05, 4.69) is 11.9 Å². The maximum atomic E-state index is 11.9. The lowest BCUT2D eigenvalue weighted by Gasteiger charge is -2.29. The number of quaternary nitrogens is 1. The third-order valence-corrected chi connectivity index (χ3v) is 1.99. The second kappa shape index (κ2) is 5.34. The summed E-state index contributed by atoms with van der Waals surface area (Å²) >= 11 is 0. The van der Waals surface area contributed by atoms with Gasteiger partial charge < -0.3 is 10.1 Å². The quantitative estimate of drug-likeness (QED) is 0.750. The first-order valence-corrected chi connectivity index (χ1v) is 5.50. The van der Waals surface area contributed by atoms with Crippen molar-refractivity contribution in [3.63, 3.8) is 0 Å². The van der Waals surface area contributed by atoms with Crippen molar-refractivity contribution in [1.29, 1.82) is 0 Å². The highest BCUT2D eigenvalue weighted by atomic mass is 16.6. The zero-order chi connectivity index (χ0) is 13.0. The Hall–Kier alpha value is -1.03. The minimum Gasteiger partial charge on any atom is -0.414 e. The molecular formula is C12H25N2O2+. The van der Waals surface area contributed by atoms with Crippen LogP contribution in [0, 0.1) is 0 Å². The van der Waals surface area contributed by atoms with E-state index in [1.54, 1.807) is 0 Å². The van der Waals surface area contributed by atoms with Crippen LogP contribution in [0.1, 0.15) is 27.7 Å². The predicted molar refractivity (Wildman–Crippen MR) is 66.0 cm³/mol. The van der Waals surface area contributed by atoms with Gasteiger partial charge in [0.2, 0.25) is 0 Å². The summed E-state index contributed by atoms with van der Waals surface area (Å²) < 4.78 is 5.55. The molecule has 0 fully saturated rings. The molecule has 16 heavy (non-hydrogen) atoms. The maximum absolute atomic E-state index is 11.9. The van der Waals surface area contributed by atoms with Crippen LogP contribution in [0.4, 0.5) is 4.79 Å². The van der Waals surface area contributed by atoms with Crippen LogP contribution in [0.5, 0.6) is 0 Å². The number of ether oxygens (including phenoxy) is 1. The molecule has 0 aliphatic carbocycles. The molecule has 0 aromatic rings. The number of hydrogen-bond donors (Lipinski definition) is 1. The lowest BCUT2D eigenvalue weighted by Crippen LogP contribution is -2.51. The van der Waals surface area contributed by atoms with Crippen LogP contribution in [-0.2, 0) is 4.74 Å². The smallest absolute Gasteiger partial charge is 0.414 e. The molecule has 0 aromatic carbocycles. The number of hydrogen-bond acceptors (Lipinski definition) is 3. The average Bonchev–Trinajstić information content (AvgIpc) is 1.99. The molecule has 1 N–H and O–H groups in total. The van der Waals surface area contributed by atoms with Crippen LogP contribution >= 0.6 is 0 Å². The highest BCUT2D eigenvalue weighted by Gasteiger charge is 2.32. The molecule has 0 bridgehead atoms. The van der Waals surface area contributed by atoms with Crippen LogP contribution < -0.4 is 5.32 Å².